The van der Waals surface area contributed by atoms with E-state index in [4.69, 9.17) is 0 Å². The van der Waals surface area contributed by atoms with Crippen molar-refractivity contribution in [2.24, 2.45) is 5.92 Å². The number of carbonyl (C=O) groups excluding carboxylic acids is 1. The minimum Gasteiger partial charge on any atom is -0.300 e. The zero-order chi connectivity index (χ0) is 16.3. The highest BCUT2D eigenvalue weighted by Crippen LogP contribution is 2.29. The molecular formula is C13H13BrN4O3S. The summed E-state index contributed by atoms with van der Waals surface area (Å²) in [5, 5.41) is 22.2. The zero-order valence-corrected chi connectivity index (χ0v) is 14.2. The van der Waals surface area contributed by atoms with E-state index in [1.807, 2.05) is 13.8 Å². The number of hydrogen-bond acceptors (Lipinski definition) is 6. The Morgan fingerprint density at radius 2 is 2.14 bits per heavy atom. The lowest BCUT2D eigenvalue weighted by Crippen LogP contribution is -2.26. The molecule has 0 aliphatic carbocycles. The Hall–Kier alpha value is -1.87. The molecule has 1 heterocycles. The maximum Gasteiger partial charge on any atom is 0.270 e. The van der Waals surface area contributed by atoms with Gasteiger partial charge in [0.2, 0.25) is 11.0 Å². The molecule has 1 N–H and O–H groups in total. The minimum atomic E-state index is -0.467. The van der Waals surface area contributed by atoms with Crippen LogP contribution in [0.3, 0.4) is 0 Å². The second-order valence-electron chi connectivity index (χ2n) is 4.85. The molecule has 1 aromatic heterocycles. The lowest BCUT2D eigenvalue weighted by molar-refractivity contribution is -0.384. The molecule has 1 aromatic carbocycles. The van der Waals surface area contributed by atoms with Crippen LogP contribution in [0.15, 0.2) is 24.3 Å². The number of amides is 1. The topological polar surface area (TPSA) is 98.0 Å². The lowest BCUT2D eigenvalue weighted by atomic mass is 10.1. The number of nitrogens with one attached hydrogen (secondary N) is 1. The van der Waals surface area contributed by atoms with Gasteiger partial charge in [-0.25, -0.2) is 0 Å². The molecule has 0 bridgehead atoms. The minimum absolute atomic E-state index is 0.0152. The number of nitro benzene ring substituents is 1. The first-order valence-corrected chi connectivity index (χ1v) is 8.15. The van der Waals surface area contributed by atoms with Gasteiger partial charge < -0.3 is 0 Å². The normalized spacial score (nSPS) is 12.2. The molecule has 2 rings (SSSR count). The van der Waals surface area contributed by atoms with Gasteiger partial charge in [0.05, 0.1) is 9.75 Å². The molecule has 1 amide bonds. The Balaban J connectivity index is 2.16. The largest absolute Gasteiger partial charge is 0.300 e. The molecule has 7 nitrogen and oxygen atoms in total. The van der Waals surface area contributed by atoms with E-state index in [2.05, 4.69) is 31.4 Å². The molecule has 1 atom stereocenters. The van der Waals surface area contributed by atoms with Crippen molar-refractivity contribution in [3.8, 4) is 10.6 Å². The quantitative estimate of drug-likeness (QED) is 0.483. The SMILES string of the molecule is CC(C)[C@H](Br)C(=O)Nc1nnc(-c2cccc([N+](=O)[O-])c2)s1. The van der Waals surface area contributed by atoms with E-state index < -0.39 is 4.92 Å². The molecule has 22 heavy (non-hydrogen) atoms. The molecule has 0 saturated heterocycles. The van der Waals surface area contributed by atoms with Crippen molar-refractivity contribution in [2.45, 2.75) is 18.7 Å². The summed E-state index contributed by atoms with van der Waals surface area (Å²) in [6.45, 7) is 3.85. The van der Waals surface area contributed by atoms with Gasteiger partial charge in [0, 0.05) is 17.7 Å². The zero-order valence-electron chi connectivity index (χ0n) is 11.8. The van der Waals surface area contributed by atoms with Gasteiger partial charge in [0.1, 0.15) is 5.01 Å². The van der Waals surface area contributed by atoms with Gasteiger partial charge in [0.15, 0.2) is 0 Å². The number of rotatable bonds is 5. The van der Waals surface area contributed by atoms with E-state index in [0.29, 0.717) is 15.7 Å². The van der Waals surface area contributed by atoms with E-state index in [1.54, 1.807) is 12.1 Å². The summed E-state index contributed by atoms with van der Waals surface area (Å²) in [6, 6.07) is 6.12. The second-order valence-corrected chi connectivity index (χ2v) is 6.82. The number of nitrogens with zero attached hydrogens (tertiary/aromatic N) is 3. The van der Waals surface area contributed by atoms with Gasteiger partial charge in [-0.3, -0.25) is 20.2 Å². The molecule has 2 aromatic rings. The summed E-state index contributed by atoms with van der Waals surface area (Å²) >= 11 is 4.48. The Labute approximate surface area is 139 Å². The van der Waals surface area contributed by atoms with E-state index in [1.165, 1.54) is 23.5 Å². The Morgan fingerprint density at radius 3 is 2.77 bits per heavy atom. The van der Waals surface area contributed by atoms with Gasteiger partial charge in [-0.05, 0) is 5.92 Å². The fourth-order valence-corrected chi connectivity index (χ4v) is 2.48. The van der Waals surface area contributed by atoms with Crippen LogP contribution in [0.5, 0.6) is 0 Å². The summed E-state index contributed by atoms with van der Waals surface area (Å²) in [7, 11) is 0. The van der Waals surface area contributed by atoms with Gasteiger partial charge in [-0.1, -0.05) is 53.2 Å². The molecule has 0 fully saturated rings. The average molecular weight is 385 g/mol. The van der Waals surface area contributed by atoms with Crippen molar-refractivity contribution in [1.82, 2.24) is 10.2 Å². The van der Waals surface area contributed by atoms with Crippen LogP contribution in [0.4, 0.5) is 10.8 Å². The lowest BCUT2D eigenvalue weighted by Gasteiger charge is -2.11. The number of aromatic nitrogens is 2. The summed E-state index contributed by atoms with van der Waals surface area (Å²) in [5.74, 6) is -0.0547. The third-order valence-electron chi connectivity index (χ3n) is 2.79. The number of carbonyl (C=O) groups is 1. The molecule has 0 spiro atoms. The van der Waals surface area contributed by atoms with Crippen molar-refractivity contribution < 1.29 is 9.72 Å². The van der Waals surface area contributed by atoms with Crippen molar-refractivity contribution in [2.75, 3.05) is 5.32 Å². The van der Waals surface area contributed by atoms with Crippen LogP contribution in [0.25, 0.3) is 10.6 Å². The van der Waals surface area contributed by atoms with Gasteiger partial charge in [-0.2, -0.15) is 0 Å². The predicted octanol–water partition coefficient (Wildman–Crippen LogP) is 3.47. The fourth-order valence-electron chi connectivity index (χ4n) is 1.62. The third-order valence-corrected chi connectivity index (χ3v) is 5.16. The van der Waals surface area contributed by atoms with Crippen LogP contribution in [-0.4, -0.2) is 25.9 Å². The standard InChI is InChI=1S/C13H13BrN4O3S/c1-7(2)10(14)11(19)15-13-17-16-12(22-13)8-4-3-5-9(6-8)18(20)21/h3-7,10H,1-2H3,(H,15,17,19)/t10-/m0/s1. The highest BCUT2D eigenvalue weighted by molar-refractivity contribution is 9.10. The molecule has 116 valence electrons. The van der Waals surface area contributed by atoms with Crippen molar-refractivity contribution in [1.29, 1.82) is 0 Å². The summed E-state index contributed by atoms with van der Waals surface area (Å²) in [6.07, 6.45) is 0. The third kappa shape index (κ3) is 3.86. The van der Waals surface area contributed by atoms with Crippen LogP contribution < -0.4 is 5.32 Å². The van der Waals surface area contributed by atoms with Crippen LogP contribution >= 0.6 is 27.3 Å². The first-order valence-electron chi connectivity index (χ1n) is 6.41. The summed E-state index contributed by atoms with van der Waals surface area (Å²) in [4.78, 5) is 21.9. The highest BCUT2D eigenvalue weighted by Gasteiger charge is 2.20. The first kappa shape index (κ1) is 16.5. The molecule has 0 aliphatic heterocycles. The van der Waals surface area contributed by atoms with E-state index in [-0.39, 0.29) is 22.3 Å². The fraction of sp³-hybridized carbons (Fsp3) is 0.308. The number of hydrogen-bond donors (Lipinski definition) is 1. The number of anilines is 1. The Kier molecular flexibility index (Phi) is 5.19. The van der Waals surface area contributed by atoms with Crippen LogP contribution in [0.1, 0.15) is 13.8 Å². The van der Waals surface area contributed by atoms with E-state index in [0.717, 1.165) is 0 Å². The highest BCUT2D eigenvalue weighted by atomic mass is 79.9. The number of nitro groups is 1. The molecule has 0 unspecified atom stereocenters. The number of halogens is 1. The molecule has 0 aliphatic rings. The van der Waals surface area contributed by atoms with Gasteiger partial charge >= 0.3 is 0 Å². The van der Waals surface area contributed by atoms with Crippen molar-refractivity contribution in [3.63, 3.8) is 0 Å². The smallest absolute Gasteiger partial charge is 0.270 e. The van der Waals surface area contributed by atoms with E-state index >= 15 is 0 Å². The average Bonchev–Trinajstić information content (AvgIpc) is 2.94. The first-order chi connectivity index (χ1) is 10.4. The molecule has 9 heteroatoms. The summed E-state index contributed by atoms with van der Waals surface area (Å²) in [5.41, 5.74) is 0.574. The predicted molar refractivity (Wildman–Crippen MR) is 88.2 cm³/mol. The molecule has 0 radical (unpaired) electrons. The van der Waals surface area contributed by atoms with Crippen LogP contribution in [0.2, 0.25) is 0 Å². The Bertz CT molecular complexity index is 704. The van der Waals surface area contributed by atoms with Crippen molar-refractivity contribution >= 4 is 44.0 Å². The van der Waals surface area contributed by atoms with Crippen LogP contribution in [0, 0.1) is 16.0 Å². The van der Waals surface area contributed by atoms with Crippen molar-refractivity contribution in [3.05, 3.63) is 34.4 Å². The van der Waals surface area contributed by atoms with Crippen LogP contribution in [-0.2, 0) is 4.79 Å². The monoisotopic (exact) mass is 384 g/mol. The number of alkyl halides is 1. The van der Waals surface area contributed by atoms with Gasteiger partial charge in [0.25, 0.3) is 5.69 Å². The summed E-state index contributed by atoms with van der Waals surface area (Å²) < 4.78 is 0. The number of non-ortho nitro benzene ring substituents is 1. The maximum atomic E-state index is 11.9. The number of benzene rings is 1. The van der Waals surface area contributed by atoms with E-state index in [9.17, 15) is 14.9 Å². The Morgan fingerprint density at radius 1 is 1.41 bits per heavy atom. The molecular weight excluding hydrogens is 372 g/mol. The maximum absolute atomic E-state index is 11.9. The second kappa shape index (κ2) is 6.93. The van der Waals surface area contributed by atoms with Gasteiger partial charge in [-0.15, -0.1) is 10.2 Å². The molecule has 0 saturated carbocycles.